The van der Waals surface area contributed by atoms with Gasteiger partial charge in [0.15, 0.2) is 0 Å². The summed E-state index contributed by atoms with van der Waals surface area (Å²) in [6.07, 6.45) is 5.08. The van der Waals surface area contributed by atoms with E-state index in [1.54, 1.807) is 0 Å². The van der Waals surface area contributed by atoms with Crippen molar-refractivity contribution in [3.63, 3.8) is 0 Å². The van der Waals surface area contributed by atoms with Crippen LogP contribution in [0.25, 0.3) is 5.76 Å². The molecule has 24 heavy (non-hydrogen) atoms. The molecule has 0 N–H and O–H groups in total. The minimum absolute atomic E-state index is 0.292. The Hall–Kier alpha value is -2.23. The minimum atomic E-state index is -0.674. The third-order valence-corrected chi connectivity index (χ3v) is 6.39. The Morgan fingerprint density at radius 1 is 1.00 bits per heavy atom. The molecule has 2 aromatic rings. The first-order valence-corrected chi connectivity index (χ1v) is 9.49. The molecule has 2 aliphatic heterocycles. The molecule has 1 unspecified atom stereocenters. The van der Waals surface area contributed by atoms with Crippen LogP contribution in [-0.2, 0) is 4.79 Å². The SMILES string of the molecule is O=CC1C([SH]2C=CC=C2)=C(c2ccc(Cl)cc2)Oc2ccccc21. The Morgan fingerprint density at radius 2 is 1.71 bits per heavy atom. The number of allylic oxidation sites excluding steroid dienone is 3. The quantitative estimate of drug-likeness (QED) is 0.588. The van der Waals surface area contributed by atoms with Crippen LogP contribution >= 0.6 is 22.5 Å². The number of benzene rings is 2. The van der Waals surface area contributed by atoms with Crippen molar-refractivity contribution in [3.05, 3.63) is 92.6 Å². The van der Waals surface area contributed by atoms with Gasteiger partial charge in [-0.15, -0.1) is 0 Å². The molecule has 1 atom stereocenters. The Morgan fingerprint density at radius 3 is 2.42 bits per heavy atom. The summed E-state index contributed by atoms with van der Waals surface area (Å²) in [5, 5.41) is 4.97. The number of rotatable bonds is 3. The van der Waals surface area contributed by atoms with Gasteiger partial charge in [-0.1, -0.05) is 42.0 Å². The van der Waals surface area contributed by atoms with E-state index < -0.39 is 10.9 Å². The first-order valence-electron chi connectivity index (χ1n) is 7.63. The Kier molecular flexibility index (Phi) is 4.05. The molecule has 0 fully saturated rings. The lowest BCUT2D eigenvalue weighted by molar-refractivity contribution is -0.108. The minimum Gasteiger partial charge on any atom is -0.456 e. The molecule has 0 bridgehead atoms. The van der Waals surface area contributed by atoms with Crippen molar-refractivity contribution in [2.45, 2.75) is 5.92 Å². The van der Waals surface area contributed by atoms with Gasteiger partial charge in [0, 0.05) is 21.1 Å². The largest absolute Gasteiger partial charge is 0.456 e. The maximum Gasteiger partial charge on any atom is 0.144 e. The number of hydrogen-bond donors (Lipinski definition) is 1. The van der Waals surface area contributed by atoms with Gasteiger partial charge in [0.25, 0.3) is 0 Å². The molecule has 120 valence electrons. The lowest BCUT2D eigenvalue weighted by Gasteiger charge is -2.31. The number of ether oxygens (including phenoxy) is 1. The Bertz CT molecular complexity index is 869. The molecular formula is C20H15ClO2S. The van der Waals surface area contributed by atoms with E-state index >= 15 is 0 Å². The van der Waals surface area contributed by atoms with Crippen LogP contribution in [0.1, 0.15) is 17.0 Å². The summed E-state index contributed by atoms with van der Waals surface area (Å²) in [5.74, 6) is 1.22. The molecule has 2 heterocycles. The van der Waals surface area contributed by atoms with Crippen molar-refractivity contribution in [2.75, 3.05) is 0 Å². The summed E-state index contributed by atoms with van der Waals surface area (Å²) in [5.41, 5.74) is 1.86. The number of halogens is 1. The predicted octanol–water partition coefficient (Wildman–Crippen LogP) is 5.43. The zero-order chi connectivity index (χ0) is 16.5. The van der Waals surface area contributed by atoms with E-state index in [0.29, 0.717) is 5.02 Å². The number of carbonyl (C=O) groups is 1. The third-order valence-electron chi connectivity index (χ3n) is 4.12. The van der Waals surface area contributed by atoms with E-state index in [1.807, 2.05) is 60.7 Å². The molecular weight excluding hydrogens is 340 g/mol. The number of fused-ring (bicyclic) bond motifs is 1. The maximum absolute atomic E-state index is 12.0. The van der Waals surface area contributed by atoms with Gasteiger partial charge in [-0.3, -0.25) is 0 Å². The van der Waals surface area contributed by atoms with Gasteiger partial charge in [0.2, 0.25) is 0 Å². The molecule has 0 radical (unpaired) electrons. The monoisotopic (exact) mass is 354 g/mol. The molecule has 0 saturated heterocycles. The lowest BCUT2D eigenvalue weighted by atomic mass is 9.94. The molecule has 0 amide bonds. The van der Waals surface area contributed by atoms with E-state index in [1.165, 1.54) is 0 Å². The first-order chi connectivity index (χ1) is 11.8. The molecule has 2 aromatic carbocycles. The molecule has 0 spiro atoms. The number of para-hydroxylation sites is 1. The van der Waals surface area contributed by atoms with E-state index in [-0.39, 0.29) is 5.92 Å². The number of hydrogen-bond acceptors (Lipinski definition) is 2. The highest BCUT2D eigenvalue weighted by molar-refractivity contribution is 8.25. The summed E-state index contributed by atoms with van der Waals surface area (Å²) >= 11 is 6.02. The van der Waals surface area contributed by atoms with E-state index in [2.05, 4.69) is 10.8 Å². The van der Waals surface area contributed by atoms with E-state index in [9.17, 15) is 4.79 Å². The van der Waals surface area contributed by atoms with Crippen LogP contribution in [0.5, 0.6) is 5.75 Å². The molecule has 4 heteroatoms. The Labute approximate surface area is 148 Å². The second kappa shape index (κ2) is 6.34. The topological polar surface area (TPSA) is 26.3 Å². The van der Waals surface area contributed by atoms with Crippen molar-refractivity contribution in [2.24, 2.45) is 0 Å². The number of thiol groups is 1. The van der Waals surface area contributed by atoms with Crippen molar-refractivity contribution in [3.8, 4) is 5.75 Å². The fourth-order valence-electron chi connectivity index (χ4n) is 3.00. The van der Waals surface area contributed by atoms with Crippen molar-refractivity contribution >= 4 is 34.5 Å². The van der Waals surface area contributed by atoms with Gasteiger partial charge >= 0.3 is 0 Å². The smallest absolute Gasteiger partial charge is 0.144 e. The van der Waals surface area contributed by atoms with Gasteiger partial charge in [-0.25, -0.2) is 0 Å². The Balaban J connectivity index is 1.93. The second-order valence-corrected chi connectivity index (χ2v) is 7.89. The highest BCUT2D eigenvalue weighted by atomic mass is 35.5. The average molecular weight is 355 g/mol. The van der Waals surface area contributed by atoms with Crippen molar-refractivity contribution < 1.29 is 9.53 Å². The van der Waals surface area contributed by atoms with Crippen LogP contribution in [0.2, 0.25) is 5.02 Å². The fourth-order valence-corrected chi connectivity index (χ4v) is 5.05. The summed E-state index contributed by atoms with van der Waals surface area (Å²) in [4.78, 5) is 13.0. The zero-order valence-corrected chi connectivity index (χ0v) is 14.4. The second-order valence-electron chi connectivity index (χ2n) is 5.57. The molecule has 4 rings (SSSR count). The lowest BCUT2D eigenvalue weighted by Crippen LogP contribution is -2.15. The normalized spacial score (nSPS) is 20.0. The maximum atomic E-state index is 12.0. The average Bonchev–Trinajstić information content (AvgIpc) is 3.15. The van der Waals surface area contributed by atoms with E-state index in [0.717, 1.165) is 33.8 Å². The van der Waals surface area contributed by atoms with Gasteiger partial charge in [-0.2, -0.15) is 10.9 Å². The summed E-state index contributed by atoms with van der Waals surface area (Å²) in [6, 6.07) is 15.3. The van der Waals surface area contributed by atoms with Crippen LogP contribution in [0.15, 0.2) is 76.4 Å². The van der Waals surface area contributed by atoms with Gasteiger partial charge in [-0.05, 0) is 41.1 Å². The highest BCUT2D eigenvalue weighted by Gasteiger charge is 2.32. The predicted molar refractivity (Wildman–Crippen MR) is 102 cm³/mol. The van der Waals surface area contributed by atoms with Crippen molar-refractivity contribution in [1.29, 1.82) is 0 Å². The summed E-state index contributed by atoms with van der Waals surface area (Å²) in [7, 11) is -0.674. The third kappa shape index (κ3) is 2.60. The fraction of sp³-hybridized carbons (Fsp3) is 0.0500. The number of aldehydes is 1. The van der Waals surface area contributed by atoms with Gasteiger partial charge < -0.3 is 9.53 Å². The van der Waals surface area contributed by atoms with Gasteiger partial charge in [0.1, 0.15) is 17.8 Å². The van der Waals surface area contributed by atoms with Crippen LogP contribution in [0, 0.1) is 0 Å². The molecule has 2 aliphatic rings. The van der Waals surface area contributed by atoms with Crippen molar-refractivity contribution in [1.82, 2.24) is 0 Å². The van der Waals surface area contributed by atoms with Crippen LogP contribution < -0.4 is 4.74 Å². The van der Waals surface area contributed by atoms with Gasteiger partial charge in [0.05, 0.1) is 5.92 Å². The highest BCUT2D eigenvalue weighted by Crippen LogP contribution is 2.54. The van der Waals surface area contributed by atoms with Crippen LogP contribution in [0.3, 0.4) is 0 Å². The summed E-state index contributed by atoms with van der Waals surface area (Å²) < 4.78 is 6.24. The number of carbonyl (C=O) groups excluding carboxylic acids is 1. The van der Waals surface area contributed by atoms with Crippen LogP contribution in [-0.4, -0.2) is 6.29 Å². The van der Waals surface area contributed by atoms with Crippen LogP contribution in [0.4, 0.5) is 0 Å². The molecule has 0 aromatic heterocycles. The van der Waals surface area contributed by atoms with E-state index in [4.69, 9.17) is 16.3 Å². The zero-order valence-electron chi connectivity index (χ0n) is 12.7. The molecule has 0 aliphatic carbocycles. The molecule has 0 saturated carbocycles. The first kappa shape index (κ1) is 15.3. The standard InChI is InChI=1S/C20H15ClO2S/c21-15-9-7-14(8-10-15)19-20(24-11-3-4-12-24)17(13-22)16-5-1-2-6-18(16)23-19/h1-13,17,24H. The summed E-state index contributed by atoms with van der Waals surface area (Å²) in [6.45, 7) is 0. The molecule has 2 nitrogen and oxygen atoms in total.